The van der Waals surface area contributed by atoms with E-state index in [0.29, 0.717) is 5.82 Å². The fourth-order valence-corrected chi connectivity index (χ4v) is 1.72. The summed E-state index contributed by atoms with van der Waals surface area (Å²) >= 11 is 0. The van der Waals surface area contributed by atoms with Crippen LogP contribution in [0.25, 0.3) is 0 Å². The number of nitrogen functional groups attached to an aromatic ring is 1. The van der Waals surface area contributed by atoms with Crippen molar-refractivity contribution in [1.29, 1.82) is 0 Å². The second-order valence-corrected chi connectivity index (χ2v) is 4.42. The van der Waals surface area contributed by atoms with Crippen molar-refractivity contribution in [2.24, 2.45) is 0 Å². The fourth-order valence-electron chi connectivity index (χ4n) is 1.72. The molecular weight excluding hydrogens is 266 g/mol. The number of likely N-dealkylation sites (N-methyl/N-ethyl adjacent to an activating group) is 1. The Kier molecular flexibility index (Phi) is 3.97. The van der Waals surface area contributed by atoms with Crippen molar-refractivity contribution in [2.75, 3.05) is 12.8 Å². The number of carbonyl (C=O) groups excluding carboxylic acids is 1. The van der Waals surface area contributed by atoms with Crippen molar-refractivity contribution in [3.05, 3.63) is 47.7 Å². The van der Waals surface area contributed by atoms with E-state index in [9.17, 15) is 13.6 Å². The quantitative estimate of drug-likeness (QED) is 0.920. The molecule has 0 saturated heterocycles. The number of anilines is 1. The first-order valence-corrected chi connectivity index (χ1v) is 5.92. The lowest BCUT2D eigenvalue weighted by Gasteiger charge is -2.17. The summed E-state index contributed by atoms with van der Waals surface area (Å²) in [5, 5.41) is 3.89. The number of rotatable bonds is 4. The molecule has 5 nitrogen and oxygen atoms in total. The third-order valence-corrected chi connectivity index (χ3v) is 2.81. The van der Waals surface area contributed by atoms with Crippen molar-refractivity contribution >= 4 is 11.7 Å². The molecule has 1 aromatic heterocycles. The zero-order valence-corrected chi connectivity index (χ0v) is 10.9. The Morgan fingerprint density at radius 1 is 1.40 bits per heavy atom. The van der Waals surface area contributed by atoms with Gasteiger partial charge in [-0.3, -0.25) is 9.48 Å². The van der Waals surface area contributed by atoms with Crippen LogP contribution in [0.2, 0.25) is 0 Å². The molecule has 106 valence electrons. The van der Waals surface area contributed by atoms with E-state index in [1.54, 1.807) is 12.3 Å². The first kappa shape index (κ1) is 14.0. The van der Waals surface area contributed by atoms with Gasteiger partial charge in [0.2, 0.25) is 5.91 Å². The smallest absolute Gasteiger partial charge is 0.244 e. The SMILES string of the molecule is CN(Cc1ccc(F)cc1F)C(=O)Cn1ccc(N)n1. The number of hydrogen-bond acceptors (Lipinski definition) is 3. The first-order chi connectivity index (χ1) is 9.45. The predicted octanol–water partition coefficient (Wildman–Crippen LogP) is 1.40. The topological polar surface area (TPSA) is 64.2 Å². The molecule has 7 heteroatoms. The highest BCUT2D eigenvalue weighted by Crippen LogP contribution is 2.11. The van der Waals surface area contributed by atoms with Crippen LogP contribution < -0.4 is 5.73 Å². The third-order valence-electron chi connectivity index (χ3n) is 2.81. The Balaban J connectivity index is 2.00. The Labute approximate surface area is 114 Å². The van der Waals surface area contributed by atoms with E-state index in [-0.39, 0.29) is 24.6 Å². The van der Waals surface area contributed by atoms with Crippen molar-refractivity contribution in [2.45, 2.75) is 13.1 Å². The predicted molar refractivity (Wildman–Crippen MR) is 69.5 cm³/mol. The molecule has 1 aromatic carbocycles. The summed E-state index contributed by atoms with van der Waals surface area (Å²) in [4.78, 5) is 13.3. The lowest BCUT2D eigenvalue weighted by Crippen LogP contribution is -2.30. The molecule has 0 spiro atoms. The number of hydrogen-bond donors (Lipinski definition) is 1. The minimum absolute atomic E-state index is 0.0104. The van der Waals surface area contributed by atoms with Gasteiger partial charge in [-0.15, -0.1) is 0 Å². The third kappa shape index (κ3) is 3.31. The molecule has 0 aliphatic carbocycles. The number of nitrogens with zero attached hydrogens (tertiary/aromatic N) is 3. The van der Waals surface area contributed by atoms with E-state index < -0.39 is 11.6 Å². The summed E-state index contributed by atoms with van der Waals surface area (Å²) in [6.07, 6.45) is 1.58. The summed E-state index contributed by atoms with van der Waals surface area (Å²) < 4.78 is 27.7. The number of halogens is 2. The molecule has 2 N–H and O–H groups in total. The van der Waals surface area contributed by atoms with Gasteiger partial charge in [-0.05, 0) is 12.1 Å². The first-order valence-electron chi connectivity index (χ1n) is 5.92. The van der Waals surface area contributed by atoms with Crippen molar-refractivity contribution in [1.82, 2.24) is 14.7 Å². The van der Waals surface area contributed by atoms with Gasteiger partial charge >= 0.3 is 0 Å². The largest absolute Gasteiger partial charge is 0.382 e. The number of aromatic nitrogens is 2. The van der Waals surface area contributed by atoms with E-state index in [1.807, 2.05) is 0 Å². The van der Waals surface area contributed by atoms with Crippen LogP contribution in [0.4, 0.5) is 14.6 Å². The molecule has 1 amide bonds. The van der Waals surface area contributed by atoms with Crippen molar-refractivity contribution in [3.63, 3.8) is 0 Å². The monoisotopic (exact) mass is 280 g/mol. The summed E-state index contributed by atoms with van der Waals surface area (Å²) in [6, 6.07) is 4.85. The summed E-state index contributed by atoms with van der Waals surface area (Å²) in [5.41, 5.74) is 5.70. The molecular formula is C13H14F2N4O. The normalized spacial score (nSPS) is 10.6. The number of nitrogens with two attached hydrogens (primary N) is 1. The fraction of sp³-hybridized carbons (Fsp3) is 0.231. The second-order valence-electron chi connectivity index (χ2n) is 4.42. The average Bonchev–Trinajstić information content (AvgIpc) is 2.78. The number of benzene rings is 1. The molecule has 0 saturated carbocycles. The number of carbonyl (C=O) groups is 1. The van der Waals surface area contributed by atoms with Crippen LogP contribution in [0.15, 0.2) is 30.5 Å². The molecule has 0 aliphatic heterocycles. The maximum Gasteiger partial charge on any atom is 0.244 e. The lowest BCUT2D eigenvalue weighted by atomic mass is 10.2. The maximum atomic E-state index is 13.5. The van der Waals surface area contributed by atoms with E-state index >= 15 is 0 Å². The van der Waals surface area contributed by atoms with Gasteiger partial charge in [0.1, 0.15) is 24.0 Å². The number of amides is 1. The van der Waals surface area contributed by atoms with Gasteiger partial charge in [0.25, 0.3) is 0 Å². The van der Waals surface area contributed by atoms with Crippen LogP contribution in [-0.4, -0.2) is 27.6 Å². The van der Waals surface area contributed by atoms with Crippen molar-refractivity contribution in [3.8, 4) is 0 Å². The van der Waals surface area contributed by atoms with Gasteiger partial charge in [0.05, 0.1) is 0 Å². The standard InChI is InChI=1S/C13H14F2N4O/c1-18(7-9-2-3-10(14)6-11(9)15)13(20)8-19-5-4-12(16)17-19/h2-6H,7-8H2,1H3,(H2,16,17). The van der Waals surface area contributed by atoms with Gasteiger partial charge in [-0.25, -0.2) is 8.78 Å². The summed E-state index contributed by atoms with van der Waals surface area (Å²) in [7, 11) is 1.54. The Morgan fingerprint density at radius 2 is 2.15 bits per heavy atom. The molecule has 2 rings (SSSR count). The minimum atomic E-state index is -0.673. The van der Waals surface area contributed by atoms with Crippen LogP contribution in [-0.2, 0) is 17.9 Å². The molecule has 0 radical (unpaired) electrons. The highest BCUT2D eigenvalue weighted by atomic mass is 19.1. The highest BCUT2D eigenvalue weighted by Gasteiger charge is 2.13. The van der Waals surface area contributed by atoms with Crippen LogP contribution in [0.3, 0.4) is 0 Å². The highest BCUT2D eigenvalue weighted by molar-refractivity contribution is 5.75. The minimum Gasteiger partial charge on any atom is -0.382 e. The molecule has 0 atom stereocenters. The van der Waals surface area contributed by atoms with Crippen LogP contribution in [0, 0.1) is 11.6 Å². The molecule has 0 aliphatic rings. The van der Waals surface area contributed by atoms with E-state index in [1.165, 1.54) is 22.7 Å². The lowest BCUT2D eigenvalue weighted by molar-refractivity contribution is -0.131. The van der Waals surface area contributed by atoms with Crippen LogP contribution in [0.1, 0.15) is 5.56 Å². The van der Waals surface area contributed by atoms with Crippen LogP contribution >= 0.6 is 0 Å². The van der Waals surface area contributed by atoms with E-state index in [4.69, 9.17) is 5.73 Å². The summed E-state index contributed by atoms with van der Waals surface area (Å²) in [6.45, 7) is 0.0677. The molecule has 0 bridgehead atoms. The molecule has 0 fully saturated rings. The Hall–Kier alpha value is -2.44. The summed E-state index contributed by atoms with van der Waals surface area (Å²) in [5.74, 6) is -1.25. The molecule has 20 heavy (non-hydrogen) atoms. The van der Waals surface area contributed by atoms with Gasteiger partial charge in [-0.2, -0.15) is 5.10 Å². The van der Waals surface area contributed by atoms with Gasteiger partial charge in [0.15, 0.2) is 0 Å². The zero-order chi connectivity index (χ0) is 14.7. The Morgan fingerprint density at radius 3 is 2.75 bits per heavy atom. The molecule has 0 unspecified atom stereocenters. The Bertz CT molecular complexity index is 627. The van der Waals surface area contributed by atoms with Gasteiger partial charge in [0, 0.05) is 31.4 Å². The van der Waals surface area contributed by atoms with Gasteiger partial charge in [-0.1, -0.05) is 6.07 Å². The van der Waals surface area contributed by atoms with E-state index in [2.05, 4.69) is 5.10 Å². The van der Waals surface area contributed by atoms with Gasteiger partial charge < -0.3 is 10.6 Å². The van der Waals surface area contributed by atoms with Crippen molar-refractivity contribution < 1.29 is 13.6 Å². The average molecular weight is 280 g/mol. The maximum absolute atomic E-state index is 13.5. The van der Waals surface area contributed by atoms with E-state index in [0.717, 1.165) is 12.1 Å². The molecule has 2 aromatic rings. The van der Waals surface area contributed by atoms with Crippen LogP contribution in [0.5, 0.6) is 0 Å². The second kappa shape index (κ2) is 5.68. The molecule has 1 heterocycles. The zero-order valence-electron chi connectivity index (χ0n) is 10.9.